The van der Waals surface area contributed by atoms with E-state index in [1.165, 1.54) is 12.5 Å². The number of anilines is 1. The van der Waals surface area contributed by atoms with E-state index in [1.807, 2.05) is 44.0 Å². The minimum atomic E-state index is -1.01. The second-order valence-corrected chi connectivity index (χ2v) is 7.95. The summed E-state index contributed by atoms with van der Waals surface area (Å²) >= 11 is 0. The molecule has 7 heteroatoms. The Morgan fingerprint density at radius 1 is 1.20 bits per heavy atom. The van der Waals surface area contributed by atoms with Crippen molar-refractivity contribution in [3.05, 3.63) is 58.7 Å². The molecule has 2 atom stereocenters. The van der Waals surface area contributed by atoms with Gasteiger partial charge < -0.3 is 9.84 Å². The van der Waals surface area contributed by atoms with E-state index in [9.17, 15) is 13.6 Å². The summed E-state index contributed by atoms with van der Waals surface area (Å²) in [6.45, 7) is 7.52. The number of carbonyl (C=O) groups is 1. The third-order valence-corrected chi connectivity index (χ3v) is 5.35. The van der Waals surface area contributed by atoms with E-state index in [2.05, 4.69) is 5.10 Å². The summed E-state index contributed by atoms with van der Waals surface area (Å²) in [5.41, 5.74) is 4.41. The maximum Gasteiger partial charge on any atom is 0.306 e. The Morgan fingerprint density at radius 3 is 2.47 bits per heavy atom. The molecule has 5 nitrogen and oxygen atoms in total. The van der Waals surface area contributed by atoms with Gasteiger partial charge in [0.25, 0.3) is 0 Å². The van der Waals surface area contributed by atoms with Crippen molar-refractivity contribution in [3.8, 4) is 5.75 Å². The van der Waals surface area contributed by atoms with Crippen LogP contribution in [0.15, 0.2) is 35.4 Å². The van der Waals surface area contributed by atoms with Crippen molar-refractivity contribution >= 4 is 17.4 Å². The lowest BCUT2D eigenvalue weighted by Crippen LogP contribution is -2.32. The van der Waals surface area contributed by atoms with Crippen LogP contribution in [0.4, 0.5) is 14.5 Å². The Bertz CT molecular complexity index is 967. The Balaban J connectivity index is 1.74. The molecule has 0 spiro atoms. The van der Waals surface area contributed by atoms with Gasteiger partial charge in [-0.05, 0) is 68.1 Å². The molecule has 0 aromatic heterocycles. The van der Waals surface area contributed by atoms with E-state index in [0.717, 1.165) is 29.1 Å². The normalized spacial score (nSPS) is 17.1. The van der Waals surface area contributed by atoms with E-state index in [-0.39, 0.29) is 24.6 Å². The first-order valence-corrected chi connectivity index (χ1v) is 9.89. The Kier molecular flexibility index (Phi) is 6.39. The van der Waals surface area contributed by atoms with Gasteiger partial charge in [-0.1, -0.05) is 13.0 Å². The van der Waals surface area contributed by atoms with Gasteiger partial charge in [0.1, 0.15) is 6.61 Å². The molecule has 0 aliphatic carbocycles. The number of ether oxygens (including phenoxy) is 1. The zero-order chi connectivity index (χ0) is 22.0. The number of carboxylic acids is 1. The molecular weight excluding hydrogens is 390 g/mol. The van der Waals surface area contributed by atoms with Crippen molar-refractivity contribution < 1.29 is 23.4 Å². The number of rotatable bonds is 7. The van der Waals surface area contributed by atoms with Crippen molar-refractivity contribution in [1.82, 2.24) is 0 Å². The summed E-state index contributed by atoms with van der Waals surface area (Å²) in [5.74, 6) is -3.88. The molecule has 3 rings (SSSR count). The molecule has 2 unspecified atom stereocenters. The van der Waals surface area contributed by atoms with Crippen LogP contribution in [0.3, 0.4) is 0 Å². The Morgan fingerprint density at radius 2 is 1.87 bits per heavy atom. The van der Waals surface area contributed by atoms with Gasteiger partial charge in [-0.15, -0.1) is 0 Å². The van der Waals surface area contributed by atoms with Crippen LogP contribution in [0.5, 0.6) is 5.75 Å². The number of aliphatic carboxylic acids is 1. The third kappa shape index (κ3) is 4.78. The molecule has 1 aliphatic rings. The van der Waals surface area contributed by atoms with Crippen LogP contribution >= 0.6 is 0 Å². The summed E-state index contributed by atoms with van der Waals surface area (Å²) < 4.78 is 34.5. The van der Waals surface area contributed by atoms with Gasteiger partial charge in [-0.2, -0.15) is 5.10 Å². The van der Waals surface area contributed by atoms with E-state index >= 15 is 0 Å². The monoisotopic (exact) mass is 416 g/mol. The molecule has 160 valence electrons. The quantitative estimate of drug-likeness (QED) is 0.699. The number of nitrogens with zero attached hydrogens (tertiary/aromatic N) is 2. The summed E-state index contributed by atoms with van der Waals surface area (Å²) in [6, 6.07) is 8.10. The van der Waals surface area contributed by atoms with Crippen LogP contribution in [0.2, 0.25) is 0 Å². The number of hydrazone groups is 1. The molecule has 0 radical (unpaired) electrons. The predicted octanol–water partition coefficient (Wildman–Crippen LogP) is 4.88. The van der Waals surface area contributed by atoms with Crippen LogP contribution < -0.4 is 9.75 Å². The number of carboxylic acid groups (broad SMARTS) is 1. The molecule has 1 aliphatic heterocycles. The highest BCUT2D eigenvalue weighted by Crippen LogP contribution is 2.29. The zero-order valence-electron chi connectivity index (χ0n) is 17.6. The zero-order valence-corrected chi connectivity index (χ0v) is 17.6. The summed E-state index contributed by atoms with van der Waals surface area (Å²) in [4.78, 5) is 11.0. The van der Waals surface area contributed by atoms with Crippen molar-refractivity contribution in [3.63, 3.8) is 0 Å². The predicted molar refractivity (Wildman–Crippen MR) is 112 cm³/mol. The smallest absolute Gasteiger partial charge is 0.306 e. The lowest BCUT2D eigenvalue weighted by Gasteiger charge is -2.24. The second-order valence-electron chi connectivity index (χ2n) is 7.95. The molecule has 2 aromatic rings. The van der Waals surface area contributed by atoms with Gasteiger partial charge in [-0.3, -0.25) is 9.80 Å². The first-order chi connectivity index (χ1) is 14.2. The maximum absolute atomic E-state index is 14.5. The number of hydrogen-bond donors (Lipinski definition) is 1. The molecule has 1 N–H and O–H groups in total. The maximum atomic E-state index is 14.5. The molecule has 0 fully saturated rings. The number of halogens is 2. The largest absolute Gasteiger partial charge is 0.485 e. The summed E-state index contributed by atoms with van der Waals surface area (Å²) in [6.07, 6.45) is 0.671. The van der Waals surface area contributed by atoms with Crippen LogP contribution in [0.1, 0.15) is 37.0 Å². The van der Waals surface area contributed by atoms with Gasteiger partial charge >= 0.3 is 5.97 Å². The van der Waals surface area contributed by atoms with E-state index in [1.54, 1.807) is 0 Å². The Hall–Kier alpha value is -2.96. The van der Waals surface area contributed by atoms with E-state index in [0.29, 0.717) is 6.42 Å². The average molecular weight is 416 g/mol. The molecule has 1 heterocycles. The Labute approximate surface area is 175 Å². The molecule has 0 amide bonds. The van der Waals surface area contributed by atoms with Crippen LogP contribution in [-0.4, -0.2) is 29.4 Å². The summed E-state index contributed by atoms with van der Waals surface area (Å²) in [5, 5.41) is 15.4. The number of hydrogen-bond acceptors (Lipinski definition) is 4. The average Bonchev–Trinajstić information content (AvgIpc) is 3.03. The minimum Gasteiger partial charge on any atom is -0.485 e. The van der Waals surface area contributed by atoms with Gasteiger partial charge in [0.05, 0.1) is 17.6 Å². The third-order valence-electron chi connectivity index (χ3n) is 5.35. The highest BCUT2D eigenvalue weighted by Gasteiger charge is 2.28. The fourth-order valence-electron chi connectivity index (χ4n) is 3.49. The highest BCUT2D eigenvalue weighted by atomic mass is 19.1. The first kappa shape index (κ1) is 21.7. The fourth-order valence-corrected chi connectivity index (χ4v) is 3.49. The summed E-state index contributed by atoms with van der Waals surface area (Å²) in [7, 11) is 0. The topological polar surface area (TPSA) is 62.1 Å². The molecule has 30 heavy (non-hydrogen) atoms. The van der Waals surface area contributed by atoms with Crippen LogP contribution in [-0.2, 0) is 11.2 Å². The SMILES string of the molecule is CC1=NN(c2ccc(C)c(C)c2)C(COc2c(F)cc(CC(C)C(=O)O)cc2F)C1. The van der Waals surface area contributed by atoms with Crippen molar-refractivity contribution in [2.24, 2.45) is 11.0 Å². The highest BCUT2D eigenvalue weighted by molar-refractivity contribution is 5.86. The molecule has 0 saturated carbocycles. The number of benzene rings is 2. The fraction of sp³-hybridized carbons (Fsp3) is 0.391. The van der Waals surface area contributed by atoms with Gasteiger partial charge in [-0.25, -0.2) is 8.78 Å². The van der Waals surface area contributed by atoms with Crippen LogP contribution in [0, 0.1) is 31.4 Å². The van der Waals surface area contributed by atoms with Crippen molar-refractivity contribution in [2.75, 3.05) is 11.6 Å². The second kappa shape index (κ2) is 8.81. The standard InChI is InChI=1S/C23H26F2N2O3/c1-13-5-6-18(8-14(13)2)27-19(9-16(4)26-27)12-30-22-20(24)10-17(11-21(22)25)7-15(3)23(28)29/h5-6,8,10-11,15,19H,7,9,12H2,1-4H3,(H,28,29). The molecular formula is C23H26F2N2O3. The van der Waals surface area contributed by atoms with Crippen molar-refractivity contribution in [2.45, 2.75) is 46.6 Å². The lowest BCUT2D eigenvalue weighted by molar-refractivity contribution is -0.141. The van der Waals surface area contributed by atoms with Gasteiger partial charge in [0.15, 0.2) is 17.4 Å². The minimum absolute atomic E-state index is 0.0413. The molecule has 0 saturated heterocycles. The first-order valence-electron chi connectivity index (χ1n) is 9.89. The van der Waals surface area contributed by atoms with Gasteiger partial charge in [0, 0.05) is 12.1 Å². The van der Waals surface area contributed by atoms with Crippen molar-refractivity contribution in [1.29, 1.82) is 0 Å². The molecule has 2 aromatic carbocycles. The van der Waals surface area contributed by atoms with E-state index in [4.69, 9.17) is 9.84 Å². The van der Waals surface area contributed by atoms with E-state index < -0.39 is 29.3 Å². The lowest BCUT2D eigenvalue weighted by atomic mass is 10.0. The molecule has 0 bridgehead atoms. The van der Waals surface area contributed by atoms with Gasteiger partial charge in [0.2, 0.25) is 0 Å². The van der Waals surface area contributed by atoms with Crippen LogP contribution in [0.25, 0.3) is 0 Å². The number of aryl methyl sites for hydroxylation is 2.